The summed E-state index contributed by atoms with van der Waals surface area (Å²) in [5.41, 5.74) is 0.384. The van der Waals surface area contributed by atoms with Crippen LogP contribution in [0.15, 0.2) is 18.2 Å². The monoisotopic (exact) mass is 367 g/mol. The molecule has 0 radical (unpaired) electrons. The summed E-state index contributed by atoms with van der Waals surface area (Å²) in [6.45, 7) is 1.23. The molecule has 2 saturated carbocycles. The Labute approximate surface area is 151 Å². The first kappa shape index (κ1) is 18.0. The fourth-order valence-corrected chi connectivity index (χ4v) is 3.84. The van der Waals surface area contributed by atoms with Gasteiger partial charge in [0.1, 0.15) is 0 Å². The molecule has 1 aromatic carbocycles. The van der Waals surface area contributed by atoms with E-state index in [1.54, 1.807) is 0 Å². The maximum Gasteiger partial charge on any atom is 0.416 e. The van der Waals surface area contributed by atoms with Crippen molar-refractivity contribution in [3.05, 3.63) is 34.9 Å². The van der Waals surface area contributed by atoms with Gasteiger partial charge in [-0.25, -0.2) is 0 Å². The lowest BCUT2D eigenvalue weighted by molar-refractivity contribution is -0.137. The number of halogens is 3. The van der Waals surface area contributed by atoms with Gasteiger partial charge in [-0.05, 0) is 55.7 Å². The van der Waals surface area contributed by atoms with E-state index in [4.69, 9.17) is 4.74 Å². The molecule has 1 heterocycles. The highest BCUT2D eigenvalue weighted by Crippen LogP contribution is 2.44. The van der Waals surface area contributed by atoms with Gasteiger partial charge >= 0.3 is 6.18 Å². The molecule has 3 aliphatic rings. The maximum atomic E-state index is 13.0. The third-order valence-corrected chi connectivity index (χ3v) is 5.65. The Bertz CT molecular complexity index is 680. The molecule has 0 bridgehead atoms. The van der Waals surface area contributed by atoms with E-state index in [9.17, 15) is 18.0 Å². The van der Waals surface area contributed by atoms with Crippen LogP contribution in [0.1, 0.15) is 65.9 Å². The number of rotatable bonds is 6. The van der Waals surface area contributed by atoms with E-state index in [2.05, 4.69) is 5.32 Å². The number of ether oxygens (including phenoxy) is 1. The quantitative estimate of drug-likeness (QED) is 0.762. The second-order valence-corrected chi connectivity index (χ2v) is 7.87. The molecule has 0 aromatic heterocycles. The van der Waals surface area contributed by atoms with Crippen molar-refractivity contribution in [3.8, 4) is 0 Å². The Hall–Kier alpha value is -1.40. The number of hydrogen-bond donors (Lipinski definition) is 1. The molecule has 4 rings (SSSR count). The maximum absolute atomic E-state index is 13.0. The number of ketones is 1. The Balaban J connectivity index is 1.51. The number of carbonyl (C=O) groups is 1. The highest BCUT2D eigenvalue weighted by molar-refractivity contribution is 5.98. The molecular formula is C20H24F3NO2. The zero-order chi connectivity index (χ0) is 18.3. The predicted octanol–water partition coefficient (Wildman–Crippen LogP) is 4.31. The van der Waals surface area contributed by atoms with E-state index < -0.39 is 11.7 Å². The van der Waals surface area contributed by atoms with Crippen molar-refractivity contribution in [1.29, 1.82) is 0 Å². The topological polar surface area (TPSA) is 38.3 Å². The van der Waals surface area contributed by atoms with E-state index >= 15 is 0 Å². The lowest BCUT2D eigenvalue weighted by Crippen LogP contribution is -2.44. The van der Waals surface area contributed by atoms with Crippen LogP contribution in [-0.2, 0) is 10.9 Å². The fourth-order valence-electron chi connectivity index (χ4n) is 3.84. The van der Waals surface area contributed by atoms with Crippen LogP contribution in [0.4, 0.5) is 13.2 Å². The molecule has 2 aliphatic carbocycles. The van der Waals surface area contributed by atoms with Crippen LogP contribution in [0.3, 0.4) is 0 Å². The SMILES string of the molecule is O=C(C[C@@H]1COCC[C@H]1NC1CC1)c1ccc(C(F)(F)F)cc1C1CC1. The van der Waals surface area contributed by atoms with E-state index in [1.165, 1.54) is 25.0 Å². The van der Waals surface area contributed by atoms with Gasteiger partial charge in [0.25, 0.3) is 0 Å². The first-order valence-corrected chi connectivity index (χ1v) is 9.50. The number of Topliss-reactive ketones (excluding diaryl/α,β-unsaturated/α-hetero) is 1. The average molecular weight is 367 g/mol. The van der Waals surface area contributed by atoms with Gasteiger partial charge in [-0.15, -0.1) is 0 Å². The molecule has 2 atom stereocenters. The van der Waals surface area contributed by atoms with Crippen LogP contribution in [0.25, 0.3) is 0 Å². The lowest BCUT2D eigenvalue weighted by Gasteiger charge is -2.32. The Kier molecular flexibility index (Phi) is 4.82. The van der Waals surface area contributed by atoms with E-state index in [0.717, 1.165) is 25.3 Å². The van der Waals surface area contributed by atoms with Crippen molar-refractivity contribution in [2.45, 2.75) is 62.7 Å². The van der Waals surface area contributed by atoms with E-state index in [-0.39, 0.29) is 23.7 Å². The van der Waals surface area contributed by atoms with Crippen molar-refractivity contribution < 1.29 is 22.7 Å². The molecule has 1 N–H and O–H groups in total. The van der Waals surface area contributed by atoms with Gasteiger partial charge in [0.2, 0.25) is 0 Å². The van der Waals surface area contributed by atoms with Crippen molar-refractivity contribution in [2.75, 3.05) is 13.2 Å². The average Bonchev–Trinajstić information content (AvgIpc) is 3.49. The summed E-state index contributed by atoms with van der Waals surface area (Å²) < 4.78 is 44.6. The summed E-state index contributed by atoms with van der Waals surface area (Å²) >= 11 is 0. The minimum atomic E-state index is -4.37. The largest absolute Gasteiger partial charge is 0.416 e. The van der Waals surface area contributed by atoms with Gasteiger partial charge in [-0.3, -0.25) is 4.79 Å². The van der Waals surface area contributed by atoms with Crippen molar-refractivity contribution in [3.63, 3.8) is 0 Å². The van der Waals surface area contributed by atoms with Gasteiger partial charge in [0, 0.05) is 36.6 Å². The molecule has 1 saturated heterocycles. The molecule has 1 aromatic rings. The molecule has 1 aliphatic heterocycles. The van der Waals surface area contributed by atoms with Crippen LogP contribution in [-0.4, -0.2) is 31.1 Å². The van der Waals surface area contributed by atoms with Gasteiger partial charge in [0.05, 0.1) is 12.2 Å². The molecule has 142 valence electrons. The summed E-state index contributed by atoms with van der Waals surface area (Å²) in [7, 11) is 0. The third kappa shape index (κ3) is 4.12. The standard InChI is InChI=1S/C20H24F3NO2/c21-20(22,23)14-3-6-16(17(10-14)12-1-2-12)19(25)9-13-11-26-8-7-18(13)24-15-4-5-15/h3,6,10,12-13,15,18,24H,1-2,4-5,7-9,11H2/t13-,18-/m1/s1. The Morgan fingerprint density at radius 1 is 1.15 bits per heavy atom. The molecule has 26 heavy (non-hydrogen) atoms. The Morgan fingerprint density at radius 3 is 2.58 bits per heavy atom. The van der Waals surface area contributed by atoms with Crippen molar-refractivity contribution in [2.24, 2.45) is 5.92 Å². The molecule has 6 heteroatoms. The number of carbonyl (C=O) groups excluding carboxylic acids is 1. The molecule has 0 unspecified atom stereocenters. The van der Waals surface area contributed by atoms with Crippen LogP contribution in [0.5, 0.6) is 0 Å². The van der Waals surface area contributed by atoms with Gasteiger partial charge in [0.15, 0.2) is 5.78 Å². The first-order chi connectivity index (χ1) is 12.4. The van der Waals surface area contributed by atoms with Crippen LogP contribution >= 0.6 is 0 Å². The number of nitrogens with one attached hydrogen (secondary N) is 1. The molecular weight excluding hydrogens is 343 g/mol. The number of hydrogen-bond acceptors (Lipinski definition) is 3. The highest BCUT2D eigenvalue weighted by atomic mass is 19.4. The minimum absolute atomic E-state index is 0.0567. The van der Waals surface area contributed by atoms with Crippen LogP contribution < -0.4 is 5.32 Å². The summed E-state index contributed by atoms with van der Waals surface area (Å²) in [5.74, 6) is 0.129. The zero-order valence-electron chi connectivity index (χ0n) is 14.6. The number of alkyl halides is 3. The Morgan fingerprint density at radius 2 is 1.92 bits per heavy atom. The highest BCUT2D eigenvalue weighted by Gasteiger charge is 2.36. The summed E-state index contributed by atoms with van der Waals surface area (Å²) in [6.07, 6.45) is 0.930. The molecule has 0 spiro atoms. The molecule has 3 fully saturated rings. The van der Waals surface area contributed by atoms with E-state index in [1.807, 2.05) is 0 Å². The second-order valence-electron chi connectivity index (χ2n) is 7.87. The lowest BCUT2D eigenvalue weighted by atomic mass is 9.87. The summed E-state index contributed by atoms with van der Waals surface area (Å²) in [5, 5.41) is 3.60. The summed E-state index contributed by atoms with van der Waals surface area (Å²) in [4.78, 5) is 12.9. The normalized spacial score (nSPS) is 26.7. The molecule has 3 nitrogen and oxygen atoms in total. The number of benzene rings is 1. The van der Waals surface area contributed by atoms with Crippen LogP contribution in [0, 0.1) is 5.92 Å². The van der Waals surface area contributed by atoms with Crippen LogP contribution in [0.2, 0.25) is 0 Å². The van der Waals surface area contributed by atoms with E-state index in [0.29, 0.717) is 36.8 Å². The van der Waals surface area contributed by atoms with Gasteiger partial charge in [-0.1, -0.05) is 6.07 Å². The second kappa shape index (κ2) is 6.97. The van der Waals surface area contributed by atoms with Crippen molar-refractivity contribution in [1.82, 2.24) is 5.32 Å². The minimum Gasteiger partial charge on any atom is -0.381 e. The predicted molar refractivity (Wildman–Crippen MR) is 91.2 cm³/mol. The first-order valence-electron chi connectivity index (χ1n) is 9.50. The van der Waals surface area contributed by atoms with Crippen molar-refractivity contribution >= 4 is 5.78 Å². The fraction of sp³-hybridized carbons (Fsp3) is 0.650. The smallest absolute Gasteiger partial charge is 0.381 e. The summed E-state index contributed by atoms with van der Waals surface area (Å²) in [6, 6.07) is 4.42. The zero-order valence-corrected chi connectivity index (χ0v) is 14.6. The van der Waals surface area contributed by atoms with Gasteiger partial charge in [-0.2, -0.15) is 13.2 Å². The molecule has 0 amide bonds. The third-order valence-electron chi connectivity index (χ3n) is 5.65. The van der Waals surface area contributed by atoms with Gasteiger partial charge < -0.3 is 10.1 Å².